The standard InChI is InChI=1S/C19H21NO4/c1-2-3-5-14-8-10-16(11-9-14)20-18(22)13-24-19(23)15-6-4-7-17(21)12-15/h4,6-12,21H,2-3,5,13H2,1H3,(H,20,22). The number of benzene rings is 2. The maximum atomic E-state index is 11.8. The topological polar surface area (TPSA) is 75.6 Å². The first-order valence-corrected chi connectivity index (χ1v) is 7.93. The van der Waals surface area contributed by atoms with E-state index < -0.39 is 11.9 Å². The molecule has 0 unspecified atom stereocenters. The van der Waals surface area contributed by atoms with Crippen molar-refractivity contribution in [3.8, 4) is 5.75 Å². The molecule has 0 saturated heterocycles. The average molecular weight is 327 g/mol. The van der Waals surface area contributed by atoms with E-state index in [1.807, 2.05) is 24.3 Å². The molecule has 24 heavy (non-hydrogen) atoms. The lowest BCUT2D eigenvalue weighted by Gasteiger charge is -2.08. The Morgan fingerprint density at radius 3 is 2.54 bits per heavy atom. The van der Waals surface area contributed by atoms with Gasteiger partial charge in [0.05, 0.1) is 5.56 Å². The number of carbonyl (C=O) groups excluding carboxylic acids is 2. The summed E-state index contributed by atoms with van der Waals surface area (Å²) in [5.41, 5.74) is 2.09. The fraction of sp³-hybridized carbons (Fsp3) is 0.263. The van der Waals surface area contributed by atoms with E-state index in [0.29, 0.717) is 5.69 Å². The second kappa shape index (κ2) is 8.72. The Morgan fingerprint density at radius 1 is 1.12 bits per heavy atom. The molecule has 0 spiro atoms. The summed E-state index contributed by atoms with van der Waals surface area (Å²) in [6, 6.07) is 13.4. The maximum Gasteiger partial charge on any atom is 0.338 e. The van der Waals surface area contributed by atoms with E-state index in [1.54, 1.807) is 0 Å². The van der Waals surface area contributed by atoms with Crippen LogP contribution in [-0.4, -0.2) is 23.6 Å². The van der Waals surface area contributed by atoms with Gasteiger partial charge in [0, 0.05) is 5.69 Å². The van der Waals surface area contributed by atoms with E-state index in [-0.39, 0.29) is 17.9 Å². The van der Waals surface area contributed by atoms with Crippen LogP contribution in [0.15, 0.2) is 48.5 Å². The minimum Gasteiger partial charge on any atom is -0.508 e. The maximum absolute atomic E-state index is 11.8. The van der Waals surface area contributed by atoms with Crippen LogP contribution in [0.5, 0.6) is 5.75 Å². The van der Waals surface area contributed by atoms with Crippen molar-refractivity contribution >= 4 is 17.6 Å². The van der Waals surface area contributed by atoms with Crippen molar-refractivity contribution in [2.45, 2.75) is 26.2 Å². The summed E-state index contributed by atoms with van der Waals surface area (Å²) in [5.74, 6) is -1.10. The van der Waals surface area contributed by atoms with E-state index in [1.165, 1.54) is 29.8 Å². The van der Waals surface area contributed by atoms with Gasteiger partial charge in [-0.2, -0.15) is 0 Å². The number of hydrogen-bond donors (Lipinski definition) is 2. The molecule has 0 bridgehead atoms. The number of carbonyl (C=O) groups is 2. The van der Waals surface area contributed by atoms with Gasteiger partial charge >= 0.3 is 5.97 Å². The predicted octanol–water partition coefficient (Wildman–Crippen LogP) is 3.53. The zero-order chi connectivity index (χ0) is 17.4. The molecule has 2 N–H and O–H groups in total. The number of nitrogens with one attached hydrogen (secondary N) is 1. The molecule has 0 fully saturated rings. The van der Waals surface area contributed by atoms with Crippen molar-refractivity contribution in [1.82, 2.24) is 0 Å². The molecule has 5 nitrogen and oxygen atoms in total. The summed E-state index contributed by atoms with van der Waals surface area (Å²) in [7, 11) is 0. The Labute approximate surface area is 141 Å². The number of rotatable bonds is 7. The lowest BCUT2D eigenvalue weighted by Crippen LogP contribution is -2.20. The van der Waals surface area contributed by atoms with Crippen molar-refractivity contribution in [3.05, 3.63) is 59.7 Å². The third kappa shape index (κ3) is 5.43. The van der Waals surface area contributed by atoms with Gasteiger partial charge in [-0.1, -0.05) is 31.5 Å². The highest BCUT2D eigenvalue weighted by Gasteiger charge is 2.11. The lowest BCUT2D eigenvalue weighted by molar-refractivity contribution is -0.119. The Kier molecular flexibility index (Phi) is 6.37. The van der Waals surface area contributed by atoms with Crippen LogP contribution in [0, 0.1) is 0 Å². The number of anilines is 1. The van der Waals surface area contributed by atoms with Gasteiger partial charge in [0.15, 0.2) is 6.61 Å². The van der Waals surface area contributed by atoms with Crippen molar-refractivity contribution in [1.29, 1.82) is 0 Å². The normalized spacial score (nSPS) is 10.2. The number of hydrogen-bond acceptors (Lipinski definition) is 4. The third-order valence-electron chi connectivity index (χ3n) is 3.47. The van der Waals surface area contributed by atoms with Gasteiger partial charge in [-0.25, -0.2) is 4.79 Å². The first kappa shape index (κ1) is 17.5. The molecular formula is C19H21NO4. The van der Waals surface area contributed by atoms with Gasteiger partial charge < -0.3 is 15.2 Å². The van der Waals surface area contributed by atoms with E-state index in [4.69, 9.17) is 4.74 Å². The Balaban J connectivity index is 1.81. The monoisotopic (exact) mass is 327 g/mol. The highest BCUT2D eigenvalue weighted by atomic mass is 16.5. The largest absolute Gasteiger partial charge is 0.508 e. The van der Waals surface area contributed by atoms with Crippen LogP contribution in [0.3, 0.4) is 0 Å². The molecule has 0 aromatic heterocycles. The van der Waals surface area contributed by atoms with Gasteiger partial charge in [0.1, 0.15) is 5.75 Å². The summed E-state index contributed by atoms with van der Waals surface area (Å²) in [4.78, 5) is 23.6. The molecule has 0 saturated carbocycles. The summed E-state index contributed by atoms with van der Waals surface area (Å²) in [5, 5.41) is 12.0. The average Bonchev–Trinajstić information content (AvgIpc) is 2.59. The van der Waals surface area contributed by atoms with Gasteiger partial charge in [0.2, 0.25) is 0 Å². The van der Waals surface area contributed by atoms with Crippen molar-refractivity contribution < 1.29 is 19.4 Å². The molecule has 0 radical (unpaired) electrons. The lowest BCUT2D eigenvalue weighted by atomic mass is 10.1. The van der Waals surface area contributed by atoms with Gasteiger partial charge in [-0.05, 0) is 48.7 Å². The van der Waals surface area contributed by atoms with Gasteiger partial charge in [0.25, 0.3) is 5.91 Å². The number of phenolic OH excluding ortho intramolecular Hbond substituents is 1. The predicted molar refractivity (Wildman–Crippen MR) is 92.1 cm³/mol. The molecule has 0 aliphatic heterocycles. The number of aryl methyl sites for hydroxylation is 1. The number of esters is 1. The molecule has 0 aliphatic carbocycles. The first-order valence-electron chi connectivity index (χ1n) is 7.93. The zero-order valence-corrected chi connectivity index (χ0v) is 13.6. The van der Waals surface area contributed by atoms with E-state index in [2.05, 4.69) is 12.2 Å². The number of phenols is 1. The quantitative estimate of drug-likeness (QED) is 0.763. The van der Waals surface area contributed by atoms with Gasteiger partial charge in [-0.3, -0.25) is 4.79 Å². The number of aromatic hydroxyl groups is 1. The molecule has 2 aromatic rings. The first-order chi connectivity index (χ1) is 11.6. The highest BCUT2D eigenvalue weighted by molar-refractivity contribution is 5.95. The Morgan fingerprint density at radius 2 is 1.88 bits per heavy atom. The second-order valence-corrected chi connectivity index (χ2v) is 5.48. The molecule has 126 valence electrons. The van der Waals surface area contributed by atoms with Crippen LogP contribution < -0.4 is 5.32 Å². The molecule has 5 heteroatoms. The van der Waals surface area contributed by atoms with Crippen LogP contribution in [0.4, 0.5) is 5.69 Å². The molecule has 1 amide bonds. The smallest absolute Gasteiger partial charge is 0.338 e. The molecule has 0 atom stereocenters. The van der Waals surface area contributed by atoms with Crippen molar-refractivity contribution in [3.63, 3.8) is 0 Å². The fourth-order valence-electron chi connectivity index (χ4n) is 2.18. The molecule has 2 rings (SSSR count). The van der Waals surface area contributed by atoms with Crippen LogP contribution in [0.1, 0.15) is 35.7 Å². The fourth-order valence-corrected chi connectivity index (χ4v) is 2.18. The summed E-state index contributed by atoms with van der Waals surface area (Å²) >= 11 is 0. The minimum absolute atomic E-state index is 0.0305. The van der Waals surface area contributed by atoms with E-state index in [0.717, 1.165) is 19.3 Å². The minimum atomic E-state index is -0.657. The highest BCUT2D eigenvalue weighted by Crippen LogP contribution is 2.13. The van der Waals surface area contributed by atoms with Crippen LogP contribution in [0.25, 0.3) is 0 Å². The Bertz CT molecular complexity index is 695. The summed E-state index contributed by atoms with van der Waals surface area (Å²) < 4.78 is 4.93. The second-order valence-electron chi connectivity index (χ2n) is 5.48. The summed E-state index contributed by atoms with van der Waals surface area (Å²) in [6.45, 7) is 1.76. The molecule has 0 heterocycles. The van der Waals surface area contributed by atoms with E-state index >= 15 is 0 Å². The molecule has 0 aliphatic rings. The Hall–Kier alpha value is -2.82. The van der Waals surface area contributed by atoms with Crippen LogP contribution >= 0.6 is 0 Å². The van der Waals surface area contributed by atoms with E-state index in [9.17, 15) is 14.7 Å². The zero-order valence-electron chi connectivity index (χ0n) is 13.6. The van der Waals surface area contributed by atoms with Crippen LogP contribution in [-0.2, 0) is 16.0 Å². The van der Waals surface area contributed by atoms with Crippen molar-refractivity contribution in [2.75, 3.05) is 11.9 Å². The SMILES string of the molecule is CCCCc1ccc(NC(=O)COC(=O)c2cccc(O)c2)cc1. The summed E-state index contributed by atoms with van der Waals surface area (Å²) in [6.07, 6.45) is 3.30. The number of ether oxygens (including phenoxy) is 1. The molecular weight excluding hydrogens is 306 g/mol. The van der Waals surface area contributed by atoms with Gasteiger partial charge in [-0.15, -0.1) is 0 Å². The van der Waals surface area contributed by atoms with Crippen LogP contribution in [0.2, 0.25) is 0 Å². The van der Waals surface area contributed by atoms with Crippen molar-refractivity contribution in [2.24, 2.45) is 0 Å². The molecule has 2 aromatic carbocycles. The third-order valence-corrected chi connectivity index (χ3v) is 3.47. The number of amides is 1. The number of unbranched alkanes of at least 4 members (excludes halogenated alkanes) is 1.